The van der Waals surface area contributed by atoms with Crippen LogP contribution in [0, 0.1) is 18.8 Å². The average Bonchev–Trinajstić information content (AvgIpc) is 3.08. The number of aromatic nitrogens is 1. The number of rotatable bonds is 3. The van der Waals surface area contributed by atoms with E-state index >= 15 is 0 Å². The Hall–Kier alpha value is -1.91. The van der Waals surface area contributed by atoms with Crippen molar-refractivity contribution in [1.82, 2.24) is 9.88 Å². The van der Waals surface area contributed by atoms with Crippen molar-refractivity contribution in [3.05, 3.63) is 24.0 Å². The van der Waals surface area contributed by atoms with Crippen molar-refractivity contribution in [2.45, 2.75) is 45.4 Å². The number of hydrogen-bond donors (Lipinski definition) is 1. The maximum atomic E-state index is 12.8. The molecule has 3 rings (SSSR count). The van der Waals surface area contributed by atoms with Crippen LogP contribution in [0.15, 0.2) is 18.3 Å². The van der Waals surface area contributed by atoms with E-state index in [0.29, 0.717) is 0 Å². The third-order valence-electron chi connectivity index (χ3n) is 5.00. The number of amides is 2. The van der Waals surface area contributed by atoms with E-state index in [0.717, 1.165) is 63.0 Å². The Bertz CT molecular complexity index is 581. The van der Waals surface area contributed by atoms with Gasteiger partial charge in [-0.1, -0.05) is 12.8 Å². The first-order valence-electron chi connectivity index (χ1n) is 8.67. The third kappa shape index (κ3) is 3.71. The van der Waals surface area contributed by atoms with Gasteiger partial charge in [-0.2, -0.15) is 0 Å². The van der Waals surface area contributed by atoms with Gasteiger partial charge in [-0.3, -0.25) is 14.6 Å². The van der Waals surface area contributed by atoms with E-state index in [-0.39, 0.29) is 23.7 Å². The summed E-state index contributed by atoms with van der Waals surface area (Å²) in [7, 11) is 0. The molecule has 1 aromatic heterocycles. The van der Waals surface area contributed by atoms with Crippen molar-refractivity contribution in [2.75, 3.05) is 18.4 Å². The van der Waals surface area contributed by atoms with Crippen LogP contribution in [0.3, 0.4) is 0 Å². The van der Waals surface area contributed by atoms with E-state index < -0.39 is 0 Å². The van der Waals surface area contributed by atoms with E-state index in [2.05, 4.69) is 10.3 Å². The monoisotopic (exact) mass is 315 g/mol. The van der Waals surface area contributed by atoms with Gasteiger partial charge in [0.25, 0.3) is 0 Å². The minimum absolute atomic E-state index is 0.0205. The van der Waals surface area contributed by atoms with Gasteiger partial charge in [0.15, 0.2) is 0 Å². The van der Waals surface area contributed by atoms with E-state index in [1.807, 2.05) is 17.9 Å². The summed E-state index contributed by atoms with van der Waals surface area (Å²) < 4.78 is 0. The molecule has 2 fully saturated rings. The molecule has 0 bridgehead atoms. The molecule has 1 aliphatic heterocycles. The molecule has 5 nitrogen and oxygen atoms in total. The Balaban J connectivity index is 1.70. The quantitative estimate of drug-likeness (QED) is 0.933. The summed E-state index contributed by atoms with van der Waals surface area (Å²) in [5.74, 6) is -0.184. The molecule has 2 amide bonds. The van der Waals surface area contributed by atoms with Gasteiger partial charge in [-0.25, -0.2) is 0 Å². The van der Waals surface area contributed by atoms with E-state index in [1.54, 1.807) is 12.3 Å². The molecule has 2 heterocycles. The average molecular weight is 315 g/mol. The van der Waals surface area contributed by atoms with Crippen molar-refractivity contribution >= 4 is 17.5 Å². The summed E-state index contributed by atoms with van der Waals surface area (Å²) >= 11 is 0. The molecule has 1 aromatic rings. The predicted octanol–water partition coefficient (Wildman–Crippen LogP) is 2.76. The van der Waals surface area contributed by atoms with Gasteiger partial charge in [-0.05, 0) is 44.7 Å². The summed E-state index contributed by atoms with van der Waals surface area (Å²) in [5.41, 5.74) is 1.64. The number of carbonyl (C=O) groups is 2. The number of nitrogens with zero attached hydrogens (tertiary/aromatic N) is 2. The first-order chi connectivity index (χ1) is 11.1. The van der Waals surface area contributed by atoms with Gasteiger partial charge in [0.1, 0.15) is 0 Å². The highest BCUT2D eigenvalue weighted by Gasteiger charge is 2.38. The number of likely N-dealkylation sites (tertiary alicyclic amines) is 1. The molecule has 0 radical (unpaired) electrons. The second-order valence-corrected chi connectivity index (χ2v) is 6.70. The van der Waals surface area contributed by atoms with Gasteiger partial charge in [0, 0.05) is 42.5 Å². The van der Waals surface area contributed by atoms with Crippen LogP contribution in [0.2, 0.25) is 0 Å². The largest absolute Gasteiger partial charge is 0.342 e. The highest BCUT2D eigenvalue weighted by atomic mass is 16.2. The fraction of sp³-hybridized carbons (Fsp3) is 0.611. The van der Waals surface area contributed by atoms with Crippen LogP contribution < -0.4 is 5.32 Å². The zero-order valence-corrected chi connectivity index (χ0v) is 13.8. The molecule has 0 aromatic carbocycles. The Morgan fingerprint density at radius 2 is 1.83 bits per heavy atom. The highest BCUT2D eigenvalue weighted by molar-refractivity contribution is 5.96. The van der Waals surface area contributed by atoms with Gasteiger partial charge in [0.05, 0.1) is 0 Å². The summed E-state index contributed by atoms with van der Waals surface area (Å²) in [4.78, 5) is 31.6. The van der Waals surface area contributed by atoms with Gasteiger partial charge in [0.2, 0.25) is 11.8 Å². The van der Waals surface area contributed by atoms with Crippen LogP contribution in [-0.4, -0.2) is 34.8 Å². The van der Waals surface area contributed by atoms with Crippen molar-refractivity contribution in [2.24, 2.45) is 11.8 Å². The maximum absolute atomic E-state index is 12.8. The van der Waals surface area contributed by atoms with Crippen molar-refractivity contribution in [3.8, 4) is 0 Å². The molecule has 0 spiro atoms. The predicted molar refractivity (Wildman–Crippen MR) is 88.9 cm³/mol. The normalized spacial score (nSPS) is 24.5. The lowest BCUT2D eigenvalue weighted by atomic mass is 9.77. The molecule has 5 heteroatoms. The SMILES string of the molecule is Cc1cc(NC(=O)[C@@H]2CCCC[C@@H]2C(=O)N2CCCC2)ccn1. The lowest BCUT2D eigenvalue weighted by Crippen LogP contribution is -2.42. The van der Waals surface area contributed by atoms with Crippen molar-refractivity contribution < 1.29 is 9.59 Å². The molecule has 2 atom stereocenters. The molecule has 1 N–H and O–H groups in total. The lowest BCUT2D eigenvalue weighted by Gasteiger charge is -2.32. The fourth-order valence-electron chi connectivity index (χ4n) is 3.77. The number of carbonyl (C=O) groups excluding carboxylic acids is 2. The standard InChI is InChI=1S/C18H25N3O2/c1-13-12-14(8-9-19-13)20-17(22)15-6-2-3-7-16(15)18(23)21-10-4-5-11-21/h8-9,12,15-16H,2-7,10-11H2,1H3,(H,19,20,22)/t15-,16+/m1/s1. The molecular formula is C18H25N3O2. The van der Waals surface area contributed by atoms with E-state index in [9.17, 15) is 9.59 Å². The maximum Gasteiger partial charge on any atom is 0.228 e. The topological polar surface area (TPSA) is 62.3 Å². The van der Waals surface area contributed by atoms with Crippen molar-refractivity contribution in [3.63, 3.8) is 0 Å². The molecule has 23 heavy (non-hydrogen) atoms. The fourth-order valence-corrected chi connectivity index (χ4v) is 3.77. The second-order valence-electron chi connectivity index (χ2n) is 6.70. The minimum Gasteiger partial charge on any atom is -0.342 e. The molecular weight excluding hydrogens is 290 g/mol. The van der Waals surface area contributed by atoms with Gasteiger partial charge in [-0.15, -0.1) is 0 Å². The molecule has 1 aliphatic carbocycles. The smallest absolute Gasteiger partial charge is 0.228 e. The van der Waals surface area contributed by atoms with Crippen LogP contribution in [-0.2, 0) is 9.59 Å². The van der Waals surface area contributed by atoms with Gasteiger partial charge < -0.3 is 10.2 Å². The van der Waals surface area contributed by atoms with Gasteiger partial charge >= 0.3 is 0 Å². The third-order valence-corrected chi connectivity index (χ3v) is 5.00. The van der Waals surface area contributed by atoms with Crippen LogP contribution >= 0.6 is 0 Å². The number of nitrogens with one attached hydrogen (secondary N) is 1. The summed E-state index contributed by atoms with van der Waals surface area (Å²) in [6.07, 6.45) is 7.58. The highest BCUT2D eigenvalue weighted by Crippen LogP contribution is 2.33. The Labute approximate surface area is 137 Å². The summed E-state index contributed by atoms with van der Waals surface area (Å²) in [5, 5.41) is 2.98. The minimum atomic E-state index is -0.203. The van der Waals surface area contributed by atoms with Crippen LogP contribution in [0.1, 0.15) is 44.2 Å². The molecule has 2 aliphatic rings. The second kappa shape index (κ2) is 7.11. The summed E-state index contributed by atoms with van der Waals surface area (Å²) in [6.45, 7) is 3.61. The number of pyridine rings is 1. The molecule has 0 unspecified atom stereocenters. The zero-order chi connectivity index (χ0) is 16.2. The van der Waals surface area contributed by atoms with Crippen LogP contribution in [0.5, 0.6) is 0 Å². The van der Waals surface area contributed by atoms with Crippen molar-refractivity contribution in [1.29, 1.82) is 0 Å². The zero-order valence-electron chi connectivity index (χ0n) is 13.8. The van der Waals surface area contributed by atoms with Crippen LogP contribution in [0.4, 0.5) is 5.69 Å². The molecule has 1 saturated heterocycles. The van der Waals surface area contributed by atoms with E-state index in [4.69, 9.17) is 0 Å². The molecule has 124 valence electrons. The Morgan fingerprint density at radius 1 is 1.13 bits per heavy atom. The lowest BCUT2D eigenvalue weighted by molar-refractivity contribution is -0.141. The number of anilines is 1. The number of aryl methyl sites for hydroxylation is 1. The Morgan fingerprint density at radius 3 is 2.52 bits per heavy atom. The summed E-state index contributed by atoms with van der Waals surface area (Å²) in [6, 6.07) is 3.66. The van der Waals surface area contributed by atoms with E-state index in [1.165, 1.54) is 0 Å². The Kier molecular flexibility index (Phi) is 4.94. The van der Waals surface area contributed by atoms with Crippen LogP contribution in [0.25, 0.3) is 0 Å². The number of hydrogen-bond acceptors (Lipinski definition) is 3. The first kappa shape index (κ1) is 16.0. The first-order valence-corrected chi connectivity index (χ1v) is 8.67. The molecule has 1 saturated carbocycles.